The van der Waals surface area contributed by atoms with Crippen LogP contribution in [0.2, 0.25) is 0 Å². The molecule has 0 bridgehead atoms. The Bertz CT molecular complexity index is 1130. The molecule has 2 heterocycles. The van der Waals surface area contributed by atoms with Gasteiger partial charge in [-0.15, -0.1) is 0 Å². The molecule has 7 nitrogen and oxygen atoms in total. The summed E-state index contributed by atoms with van der Waals surface area (Å²) in [4.78, 5) is 25.1. The molecule has 152 valence electrons. The van der Waals surface area contributed by atoms with Gasteiger partial charge in [0, 0.05) is 12.1 Å². The fraction of sp³-hybridized carbons (Fsp3) is 0.130. The van der Waals surface area contributed by atoms with Gasteiger partial charge in [0.1, 0.15) is 28.8 Å². The van der Waals surface area contributed by atoms with Gasteiger partial charge in [0.05, 0.1) is 31.6 Å². The highest BCUT2D eigenvalue weighted by molar-refractivity contribution is 6.14. The Morgan fingerprint density at radius 2 is 1.87 bits per heavy atom. The molecule has 0 radical (unpaired) electrons. The van der Waals surface area contributed by atoms with E-state index in [1.165, 1.54) is 26.6 Å². The van der Waals surface area contributed by atoms with E-state index in [1.54, 1.807) is 48.5 Å². The molecule has 0 saturated carbocycles. The Kier molecular flexibility index (Phi) is 5.26. The van der Waals surface area contributed by atoms with Crippen LogP contribution in [0.3, 0.4) is 0 Å². The third kappa shape index (κ3) is 3.77. The Balaban J connectivity index is 1.48. The van der Waals surface area contributed by atoms with Gasteiger partial charge in [-0.3, -0.25) is 9.59 Å². The van der Waals surface area contributed by atoms with Crippen molar-refractivity contribution in [2.75, 3.05) is 20.8 Å². The monoisotopic (exact) mass is 406 g/mol. The van der Waals surface area contributed by atoms with Gasteiger partial charge in [-0.1, -0.05) is 0 Å². The molecule has 0 atom stereocenters. The zero-order valence-electron chi connectivity index (χ0n) is 16.3. The molecule has 1 aromatic heterocycles. The standard InChI is InChI=1S/C23H18O7/c1-26-14-6-8-20(27-2)18(10-14)19(24)13-29-16-5-7-17-21(11-16)30-22(23(17)25)12-15-4-3-9-28-15/h3-12H,13H2,1-2H3/b22-12-. The molecule has 7 heteroatoms. The Morgan fingerprint density at radius 3 is 2.60 bits per heavy atom. The zero-order chi connectivity index (χ0) is 21.1. The molecular formula is C23H18O7. The van der Waals surface area contributed by atoms with Gasteiger partial charge >= 0.3 is 0 Å². The summed E-state index contributed by atoms with van der Waals surface area (Å²) >= 11 is 0. The maximum absolute atomic E-state index is 12.6. The molecular weight excluding hydrogens is 388 g/mol. The fourth-order valence-electron chi connectivity index (χ4n) is 3.02. The third-order valence-electron chi connectivity index (χ3n) is 4.53. The minimum atomic E-state index is -0.276. The molecule has 0 N–H and O–H groups in total. The van der Waals surface area contributed by atoms with E-state index in [4.69, 9.17) is 23.4 Å². The fourth-order valence-corrected chi connectivity index (χ4v) is 3.02. The number of furan rings is 1. The van der Waals surface area contributed by atoms with Crippen molar-refractivity contribution in [3.63, 3.8) is 0 Å². The Hall–Kier alpha value is -4.00. The van der Waals surface area contributed by atoms with E-state index in [0.717, 1.165) is 0 Å². The smallest absolute Gasteiger partial charge is 0.232 e. The molecule has 0 spiro atoms. The van der Waals surface area contributed by atoms with Crippen molar-refractivity contribution in [1.29, 1.82) is 0 Å². The summed E-state index contributed by atoms with van der Waals surface area (Å²) in [6.07, 6.45) is 3.04. The van der Waals surface area contributed by atoms with Crippen LogP contribution in [0, 0.1) is 0 Å². The van der Waals surface area contributed by atoms with E-state index in [1.807, 2.05) is 0 Å². The number of ether oxygens (including phenoxy) is 4. The summed E-state index contributed by atoms with van der Waals surface area (Å²) in [5, 5.41) is 0. The van der Waals surface area contributed by atoms with Crippen molar-refractivity contribution >= 4 is 17.6 Å². The third-order valence-corrected chi connectivity index (χ3v) is 4.53. The molecule has 1 aliphatic rings. The second-order valence-corrected chi connectivity index (χ2v) is 6.39. The lowest BCUT2D eigenvalue weighted by Crippen LogP contribution is -2.13. The van der Waals surface area contributed by atoms with Crippen LogP contribution in [0.1, 0.15) is 26.5 Å². The SMILES string of the molecule is COc1ccc(OC)c(C(=O)COc2ccc3c(c2)O/C(=C\c2ccco2)C3=O)c1. The molecule has 3 aromatic rings. The number of hydrogen-bond acceptors (Lipinski definition) is 7. The first-order chi connectivity index (χ1) is 14.6. The maximum Gasteiger partial charge on any atom is 0.232 e. The van der Waals surface area contributed by atoms with Crippen LogP contribution >= 0.6 is 0 Å². The predicted octanol–water partition coefficient (Wildman–Crippen LogP) is 4.17. The highest BCUT2D eigenvalue weighted by Gasteiger charge is 2.28. The van der Waals surface area contributed by atoms with Crippen LogP contribution in [-0.2, 0) is 0 Å². The van der Waals surface area contributed by atoms with Gasteiger partial charge in [0.2, 0.25) is 11.6 Å². The van der Waals surface area contributed by atoms with Crippen molar-refractivity contribution < 1.29 is 33.0 Å². The lowest BCUT2D eigenvalue weighted by atomic mass is 10.1. The molecule has 1 aliphatic heterocycles. The number of methoxy groups -OCH3 is 2. The molecule has 30 heavy (non-hydrogen) atoms. The molecule has 0 fully saturated rings. The summed E-state index contributed by atoms with van der Waals surface area (Å²) in [7, 11) is 3.01. The van der Waals surface area contributed by atoms with Crippen molar-refractivity contribution in [3.8, 4) is 23.0 Å². The van der Waals surface area contributed by atoms with Crippen molar-refractivity contribution in [2.45, 2.75) is 0 Å². The number of ketones is 2. The van der Waals surface area contributed by atoms with E-state index < -0.39 is 0 Å². The molecule has 0 saturated heterocycles. The van der Waals surface area contributed by atoms with Crippen molar-refractivity contribution in [2.24, 2.45) is 0 Å². The van der Waals surface area contributed by atoms with E-state index in [-0.39, 0.29) is 23.9 Å². The average molecular weight is 406 g/mol. The zero-order valence-corrected chi connectivity index (χ0v) is 16.3. The first-order valence-electron chi connectivity index (χ1n) is 9.09. The lowest BCUT2D eigenvalue weighted by Gasteiger charge is -2.11. The molecule has 0 amide bonds. The number of carbonyl (C=O) groups excluding carboxylic acids is 2. The summed E-state index contributed by atoms with van der Waals surface area (Å²) in [5.41, 5.74) is 0.772. The minimum Gasteiger partial charge on any atom is -0.497 e. The molecule has 4 rings (SSSR count). The first-order valence-corrected chi connectivity index (χ1v) is 9.09. The van der Waals surface area contributed by atoms with Crippen LogP contribution in [-0.4, -0.2) is 32.4 Å². The second kappa shape index (κ2) is 8.16. The van der Waals surface area contributed by atoms with Crippen LogP contribution in [0.15, 0.2) is 65.0 Å². The minimum absolute atomic E-state index is 0.161. The van der Waals surface area contributed by atoms with Crippen LogP contribution < -0.4 is 18.9 Å². The van der Waals surface area contributed by atoms with Crippen LogP contribution in [0.25, 0.3) is 6.08 Å². The van der Waals surface area contributed by atoms with E-state index in [9.17, 15) is 9.59 Å². The quantitative estimate of drug-likeness (QED) is 0.430. The summed E-state index contributed by atoms with van der Waals surface area (Å²) in [5.74, 6) is 1.89. The number of allylic oxidation sites excluding steroid dienone is 1. The number of Topliss-reactive ketones (excluding diaryl/α,β-unsaturated/α-hetero) is 2. The predicted molar refractivity (Wildman–Crippen MR) is 107 cm³/mol. The second-order valence-electron chi connectivity index (χ2n) is 6.39. The molecule has 0 aliphatic carbocycles. The first kappa shape index (κ1) is 19.3. The number of carbonyl (C=O) groups is 2. The maximum atomic E-state index is 12.6. The number of fused-ring (bicyclic) bond motifs is 1. The number of rotatable bonds is 7. The van der Waals surface area contributed by atoms with E-state index in [2.05, 4.69) is 0 Å². The van der Waals surface area contributed by atoms with Gasteiger partial charge in [-0.25, -0.2) is 0 Å². The van der Waals surface area contributed by atoms with Gasteiger partial charge in [-0.05, 0) is 42.5 Å². The normalized spacial score (nSPS) is 13.7. The Morgan fingerprint density at radius 1 is 1.03 bits per heavy atom. The molecule has 0 unspecified atom stereocenters. The van der Waals surface area contributed by atoms with Gasteiger partial charge in [0.25, 0.3) is 0 Å². The molecule has 2 aromatic carbocycles. The average Bonchev–Trinajstić information content (AvgIpc) is 3.39. The van der Waals surface area contributed by atoms with Crippen LogP contribution in [0.5, 0.6) is 23.0 Å². The Labute approximate surface area is 172 Å². The highest BCUT2D eigenvalue weighted by Crippen LogP contribution is 2.35. The van der Waals surface area contributed by atoms with Crippen molar-refractivity contribution in [3.05, 3.63) is 77.4 Å². The lowest BCUT2D eigenvalue weighted by molar-refractivity contribution is 0.0917. The number of benzene rings is 2. The number of hydrogen-bond donors (Lipinski definition) is 0. The summed E-state index contributed by atoms with van der Waals surface area (Å²) < 4.78 is 26.9. The van der Waals surface area contributed by atoms with E-state index >= 15 is 0 Å². The van der Waals surface area contributed by atoms with Gasteiger partial charge < -0.3 is 23.4 Å². The van der Waals surface area contributed by atoms with E-state index in [0.29, 0.717) is 39.9 Å². The van der Waals surface area contributed by atoms with Crippen LogP contribution in [0.4, 0.5) is 0 Å². The summed E-state index contributed by atoms with van der Waals surface area (Å²) in [6, 6.07) is 13.2. The summed E-state index contributed by atoms with van der Waals surface area (Å²) in [6.45, 7) is -0.217. The van der Waals surface area contributed by atoms with Gasteiger partial charge in [0.15, 0.2) is 12.4 Å². The topological polar surface area (TPSA) is 84.2 Å². The highest BCUT2D eigenvalue weighted by atomic mass is 16.5. The largest absolute Gasteiger partial charge is 0.497 e. The van der Waals surface area contributed by atoms with Crippen molar-refractivity contribution in [1.82, 2.24) is 0 Å². The van der Waals surface area contributed by atoms with Gasteiger partial charge in [-0.2, -0.15) is 0 Å².